The van der Waals surface area contributed by atoms with Gasteiger partial charge in [-0.15, -0.1) is 0 Å². The van der Waals surface area contributed by atoms with E-state index in [9.17, 15) is 13.2 Å². The van der Waals surface area contributed by atoms with Crippen LogP contribution in [0.4, 0.5) is 10.5 Å². The van der Waals surface area contributed by atoms with Crippen LogP contribution in [0.15, 0.2) is 28.9 Å². The molecule has 2 N–H and O–H groups in total. The Bertz CT molecular complexity index is 923. The number of nitrogens with zero attached hydrogens (tertiary/aromatic N) is 2. The van der Waals surface area contributed by atoms with Gasteiger partial charge >= 0.3 is 6.03 Å². The third-order valence-electron chi connectivity index (χ3n) is 4.20. The third kappa shape index (κ3) is 4.41. The van der Waals surface area contributed by atoms with Crippen LogP contribution in [0.1, 0.15) is 17.7 Å². The molecule has 2 aromatic rings. The second kappa shape index (κ2) is 7.08. The molecule has 2 amide bonds. The number of amides is 2. The van der Waals surface area contributed by atoms with Crippen molar-refractivity contribution in [1.29, 1.82) is 0 Å². The standard InChI is InChI=1S/C17H22N4O4S/c1-11-4-5-13(16-18-12(2)10-25-16)8-15(11)19-17(22)21-7-6-14(9-21)20-26(3,23)24/h4-5,8,10,14,20H,6-7,9H2,1-3H3,(H,19,22). The van der Waals surface area contributed by atoms with Crippen molar-refractivity contribution in [2.45, 2.75) is 26.3 Å². The first-order valence-corrected chi connectivity index (χ1v) is 10.2. The molecule has 0 bridgehead atoms. The van der Waals surface area contributed by atoms with Gasteiger partial charge < -0.3 is 14.6 Å². The third-order valence-corrected chi connectivity index (χ3v) is 4.96. The van der Waals surface area contributed by atoms with Crippen LogP contribution in [0.3, 0.4) is 0 Å². The number of anilines is 1. The topological polar surface area (TPSA) is 105 Å². The van der Waals surface area contributed by atoms with Crippen molar-refractivity contribution in [2.75, 3.05) is 24.7 Å². The number of urea groups is 1. The molecule has 0 saturated carbocycles. The van der Waals surface area contributed by atoms with E-state index in [1.807, 2.05) is 32.0 Å². The number of carbonyl (C=O) groups is 1. The van der Waals surface area contributed by atoms with Crippen molar-refractivity contribution in [1.82, 2.24) is 14.6 Å². The number of nitrogens with one attached hydrogen (secondary N) is 2. The first-order valence-electron chi connectivity index (χ1n) is 8.27. The average Bonchev–Trinajstić information content (AvgIpc) is 3.17. The maximum Gasteiger partial charge on any atom is 0.321 e. The molecule has 1 atom stereocenters. The summed E-state index contributed by atoms with van der Waals surface area (Å²) in [6, 6.07) is 5.09. The predicted molar refractivity (Wildman–Crippen MR) is 98.4 cm³/mol. The second-order valence-corrected chi connectivity index (χ2v) is 8.36. The minimum atomic E-state index is -3.28. The fourth-order valence-electron chi connectivity index (χ4n) is 2.91. The van der Waals surface area contributed by atoms with E-state index in [0.29, 0.717) is 31.1 Å². The van der Waals surface area contributed by atoms with Gasteiger partial charge in [0.05, 0.1) is 11.9 Å². The molecule has 1 saturated heterocycles. The summed E-state index contributed by atoms with van der Waals surface area (Å²) in [7, 11) is -3.28. The Hall–Kier alpha value is -2.39. The van der Waals surface area contributed by atoms with Crippen LogP contribution in [-0.4, -0.2) is 49.7 Å². The number of oxazole rings is 1. The number of carbonyl (C=O) groups excluding carboxylic acids is 1. The van der Waals surface area contributed by atoms with Crippen molar-refractivity contribution in [3.05, 3.63) is 35.7 Å². The Labute approximate surface area is 152 Å². The first-order chi connectivity index (χ1) is 12.2. The molecule has 0 radical (unpaired) electrons. The number of aromatic nitrogens is 1. The van der Waals surface area contributed by atoms with Crippen LogP contribution >= 0.6 is 0 Å². The molecule has 1 aromatic heterocycles. The Morgan fingerprint density at radius 2 is 2.12 bits per heavy atom. The van der Waals surface area contributed by atoms with Crippen molar-refractivity contribution < 1.29 is 17.6 Å². The van der Waals surface area contributed by atoms with Gasteiger partial charge in [-0.05, 0) is 38.0 Å². The highest BCUT2D eigenvalue weighted by atomic mass is 32.2. The van der Waals surface area contributed by atoms with Crippen molar-refractivity contribution in [3.8, 4) is 11.5 Å². The Morgan fingerprint density at radius 3 is 2.77 bits per heavy atom. The number of sulfonamides is 1. The summed E-state index contributed by atoms with van der Waals surface area (Å²) in [4.78, 5) is 18.4. The van der Waals surface area contributed by atoms with Crippen molar-refractivity contribution in [2.24, 2.45) is 0 Å². The van der Waals surface area contributed by atoms with E-state index in [1.54, 1.807) is 11.2 Å². The molecule has 140 valence electrons. The van der Waals surface area contributed by atoms with E-state index in [0.717, 1.165) is 23.1 Å². The number of aryl methyl sites for hydroxylation is 2. The molecular formula is C17H22N4O4S. The largest absolute Gasteiger partial charge is 0.444 e. The van der Waals surface area contributed by atoms with E-state index in [-0.39, 0.29) is 12.1 Å². The molecule has 1 aliphatic heterocycles. The summed E-state index contributed by atoms with van der Waals surface area (Å²) in [5.74, 6) is 0.497. The van der Waals surface area contributed by atoms with Gasteiger partial charge in [0.1, 0.15) is 6.26 Å². The van der Waals surface area contributed by atoms with E-state index in [1.165, 1.54) is 0 Å². The Kier molecular flexibility index (Phi) is 5.01. The number of hydrogen-bond donors (Lipinski definition) is 2. The molecule has 0 spiro atoms. The van der Waals surface area contributed by atoms with Gasteiger partial charge in [-0.25, -0.2) is 22.9 Å². The van der Waals surface area contributed by atoms with E-state index >= 15 is 0 Å². The molecule has 0 aliphatic carbocycles. The highest BCUT2D eigenvalue weighted by molar-refractivity contribution is 7.88. The summed E-state index contributed by atoms with van der Waals surface area (Å²) < 4.78 is 30.6. The Morgan fingerprint density at radius 1 is 1.35 bits per heavy atom. The Balaban J connectivity index is 1.70. The van der Waals surface area contributed by atoms with Gasteiger partial charge in [-0.1, -0.05) is 6.07 Å². The lowest BCUT2D eigenvalue weighted by Crippen LogP contribution is -2.39. The SMILES string of the molecule is Cc1coc(-c2ccc(C)c(NC(=O)N3CCC(NS(C)(=O)=O)C3)c2)n1. The van der Waals surface area contributed by atoms with E-state index in [4.69, 9.17) is 4.42 Å². The summed E-state index contributed by atoms with van der Waals surface area (Å²) in [5, 5.41) is 2.89. The fourth-order valence-corrected chi connectivity index (χ4v) is 3.71. The summed E-state index contributed by atoms with van der Waals surface area (Å²) in [6.45, 7) is 4.59. The van der Waals surface area contributed by atoms with Crippen LogP contribution in [-0.2, 0) is 10.0 Å². The van der Waals surface area contributed by atoms with Crippen LogP contribution in [0.25, 0.3) is 11.5 Å². The van der Waals surface area contributed by atoms with Gasteiger partial charge in [0.15, 0.2) is 0 Å². The lowest BCUT2D eigenvalue weighted by atomic mass is 10.1. The van der Waals surface area contributed by atoms with E-state index in [2.05, 4.69) is 15.0 Å². The van der Waals surface area contributed by atoms with Gasteiger partial charge in [-0.3, -0.25) is 0 Å². The maximum atomic E-state index is 12.5. The molecule has 1 fully saturated rings. The van der Waals surface area contributed by atoms with E-state index < -0.39 is 10.0 Å². The number of likely N-dealkylation sites (tertiary alicyclic amines) is 1. The highest BCUT2D eigenvalue weighted by Crippen LogP contribution is 2.25. The molecular weight excluding hydrogens is 356 g/mol. The molecule has 9 heteroatoms. The molecule has 1 unspecified atom stereocenters. The lowest BCUT2D eigenvalue weighted by molar-refractivity contribution is 0.221. The lowest BCUT2D eigenvalue weighted by Gasteiger charge is -2.18. The molecule has 1 aliphatic rings. The molecule has 2 heterocycles. The van der Waals surface area contributed by atoms with Crippen molar-refractivity contribution >= 4 is 21.7 Å². The van der Waals surface area contributed by atoms with Crippen LogP contribution in [0.5, 0.6) is 0 Å². The number of hydrogen-bond acceptors (Lipinski definition) is 5. The quantitative estimate of drug-likeness (QED) is 0.848. The maximum absolute atomic E-state index is 12.5. The smallest absolute Gasteiger partial charge is 0.321 e. The van der Waals surface area contributed by atoms with Crippen LogP contribution in [0.2, 0.25) is 0 Å². The van der Waals surface area contributed by atoms with Crippen LogP contribution < -0.4 is 10.0 Å². The van der Waals surface area contributed by atoms with Gasteiger partial charge in [0, 0.05) is 30.4 Å². The van der Waals surface area contributed by atoms with Gasteiger partial charge in [-0.2, -0.15) is 0 Å². The molecule has 3 rings (SSSR count). The van der Waals surface area contributed by atoms with Crippen molar-refractivity contribution in [3.63, 3.8) is 0 Å². The van der Waals surface area contributed by atoms with Gasteiger partial charge in [0.25, 0.3) is 0 Å². The zero-order valence-electron chi connectivity index (χ0n) is 14.9. The average molecular weight is 378 g/mol. The summed E-state index contributed by atoms with van der Waals surface area (Å²) in [5.41, 5.74) is 3.14. The fraction of sp³-hybridized carbons (Fsp3) is 0.412. The highest BCUT2D eigenvalue weighted by Gasteiger charge is 2.28. The monoisotopic (exact) mass is 378 g/mol. The minimum Gasteiger partial charge on any atom is -0.444 e. The summed E-state index contributed by atoms with van der Waals surface area (Å²) in [6.07, 6.45) is 3.29. The number of benzene rings is 1. The molecule has 8 nitrogen and oxygen atoms in total. The minimum absolute atomic E-state index is 0.251. The van der Waals surface area contributed by atoms with Gasteiger partial charge in [0.2, 0.25) is 15.9 Å². The first kappa shape index (κ1) is 18.4. The van der Waals surface area contributed by atoms with Crippen LogP contribution in [0, 0.1) is 13.8 Å². The molecule has 1 aromatic carbocycles. The zero-order valence-corrected chi connectivity index (χ0v) is 15.8. The summed E-state index contributed by atoms with van der Waals surface area (Å²) >= 11 is 0. The molecule has 26 heavy (non-hydrogen) atoms. The number of rotatable bonds is 4. The second-order valence-electron chi connectivity index (χ2n) is 6.58. The zero-order chi connectivity index (χ0) is 18.9. The predicted octanol–water partition coefficient (Wildman–Crippen LogP) is 2.11. The normalized spacial score (nSPS) is 17.5.